The first-order chi connectivity index (χ1) is 9.22. The van der Waals surface area contributed by atoms with Gasteiger partial charge in [0.2, 0.25) is 0 Å². The maximum Gasteiger partial charge on any atom is 0.106 e. The van der Waals surface area contributed by atoms with Gasteiger partial charge in [0, 0.05) is 12.2 Å². The molecule has 2 N–H and O–H groups in total. The van der Waals surface area contributed by atoms with Gasteiger partial charge in [0.1, 0.15) is 5.82 Å². The van der Waals surface area contributed by atoms with E-state index in [4.69, 9.17) is 5.73 Å². The van der Waals surface area contributed by atoms with Gasteiger partial charge in [0.15, 0.2) is 0 Å². The summed E-state index contributed by atoms with van der Waals surface area (Å²) >= 11 is 0. The highest BCUT2D eigenvalue weighted by Gasteiger charge is 2.06. The molecule has 0 spiro atoms. The van der Waals surface area contributed by atoms with Crippen molar-refractivity contribution in [2.45, 2.75) is 58.9 Å². The third-order valence-electron chi connectivity index (χ3n) is 3.70. The molecule has 104 valence electrons. The van der Waals surface area contributed by atoms with Gasteiger partial charge in [-0.2, -0.15) is 0 Å². The number of aromatic nitrogens is 2. The summed E-state index contributed by atoms with van der Waals surface area (Å²) in [5.74, 6) is 1.09. The number of imidazole rings is 1. The van der Waals surface area contributed by atoms with E-state index in [1.165, 1.54) is 44.0 Å². The molecule has 0 unspecified atom stereocenters. The Kier molecular flexibility index (Phi) is 4.83. The Balaban J connectivity index is 1.95. The predicted molar refractivity (Wildman–Crippen MR) is 82.3 cm³/mol. The molecular weight excluding hydrogens is 234 g/mol. The Bertz CT molecular complexity index is 528. The van der Waals surface area contributed by atoms with Crippen LogP contribution >= 0.6 is 0 Å². The molecule has 0 fully saturated rings. The first-order valence-corrected chi connectivity index (χ1v) is 7.44. The van der Waals surface area contributed by atoms with Crippen LogP contribution < -0.4 is 5.73 Å². The summed E-state index contributed by atoms with van der Waals surface area (Å²) in [5, 5.41) is 0. The fourth-order valence-electron chi connectivity index (χ4n) is 2.60. The Morgan fingerprint density at radius 2 is 1.84 bits per heavy atom. The molecule has 2 rings (SSSR count). The number of nitrogens with two attached hydrogens (primary N) is 1. The van der Waals surface area contributed by atoms with E-state index in [9.17, 15) is 0 Å². The summed E-state index contributed by atoms with van der Waals surface area (Å²) < 4.78 is 2.31. The van der Waals surface area contributed by atoms with Crippen molar-refractivity contribution in [2.24, 2.45) is 0 Å². The summed E-state index contributed by atoms with van der Waals surface area (Å²) in [5.41, 5.74) is 8.82. The summed E-state index contributed by atoms with van der Waals surface area (Å²) in [6.45, 7) is 5.40. The van der Waals surface area contributed by atoms with Crippen LogP contribution in [0.25, 0.3) is 11.0 Å². The van der Waals surface area contributed by atoms with E-state index in [2.05, 4.69) is 29.5 Å². The Morgan fingerprint density at radius 1 is 1.11 bits per heavy atom. The Labute approximate surface area is 115 Å². The zero-order valence-corrected chi connectivity index (χ0v) is 12.2. The van der Waals surface area contributed by atoms with E-state index >= 15 is 0 Å². The van der Waals surface area contributed by atoms with Gasteiger partial charge in [0.05, 0.1) is 11.0 Å². The number of rotatable bonds is 7. The second kappa shape index (κ2) is 6.60. The number of hydrogen-bond donors (Lipinski definition) is 1. The predicted octanol–water partition coefficient (Wildman–Crippen LogP) is 4.29. The number of anilines is 1. The van der Waals surface area contributed by atoms with E-state index in [0.717, 1.165) is 23.6 Å². The number of fused-ring (bicyclic) bond motifs is 1. The zero-order valence-electron chi connectivity index (χ0n) is 12.2. The molecule has 3 nitrogen and oxygen atoms in total. The van der Waals surface area contributed by atoms with Gasteiger partial charge < -0.3 is 10.3 Å². The van der Waals surface area contributed by atoms with E-state index in [1.807, 2.05) is 12.1 Å². The molecular formula is C16H25N3. The van der Waals surface area contributed by atoms with Crippen LogP contribution in [0.3, 0.4) is 0 Å². The molecule has 1 aromatic carbocycles. The fraction of sp³-hybridized carbons (Fsp3) is 0.562. The maximum atomic E-state index is 5.80. The van der Waals surface area contributed by atoms with Gasteiger partial charge in [-0.15, -0.1) is 0 Å². The fourth-order valence-corrected chi connectivity index (χ4v) is 2.60. The molecule has 0 saturated carbocycles. The quantitative estimate of drug-likeness (QED) is 0.595. The standard InChI is InChI=1S/C16H25N3/c1-3-4-5-6-7-8-11-19-13(2)18-15-12-14(17)9-10-16(15)19/h9-10,12H,3-8,11,17H2,1-2H3. The van der Waals surface area contributed by atoms with Gasteiger partial charge >= 0.3 is 0 Å². The third kappa shape index (κ3) is 3.49. The molecule has 0 saturated heterocycles. The lowest BCUT2D eigenvalue weighted by Crippen LogP contribution is -2.00. The topological polar surface area (TPSA) is 43.8 Å². The molecule has 2 aromatic rings. The monoisotopic (exact) mass is 259 g/mol. The lowest BCUT2D eigenvalue weighted by molar-refractivity contribution is 0.558. The van der Waals surface area contributed by atoms with Crippen LogP contribution in [0.4, 0.5) is 5.69 Å². The molecule has 0 atom stereocenters. The molecule has 19 heavy (non-hydrogen) atoms. The highest BCUT2D eigenvalue weighted by atomic mass is 15.1. The Morgan fingerprint density at radius 3 is 2.63 bits per heavy atom. The van der Waals surface area contributed by atoms with Crippen LogP contribution in [-0.2, 0) is 6.54 Å². The minimum atomic E-state index is 0.789. The van der Waals surface area contributed by atoms with Crippen LogP contribution in [0.1, 0.15) is 51.3 Å². The summed E-state index contributed by atoms with van der Waals surface area (Å²) in [6, 6.07) is 6.00. The van der Waals surface area contributed by atoms with Crippen molar-refractivity contribution in [3.05, 3.63) is 24.0 Å². The van der Waals surface area contributed by atoms with E-state index in [-0.39, 0.29) is 0 Å². The van der Waals surface area contributed by atoms with Gasteiger partial charge in [-0.05, 0) is 31.5 Å². The van der Waals surface area contributed by atoms with Gasteiger partial charge in [-0.3, -0.25) is 0 Å². The van der Waals surface area contributed by atoms with Crippen molar-refractivity contribution >= 4 is 16.7 Å². The normalized spacial score (nSPS) is 11.3. The van der Waals surface area contributed by atoms with Crippen molar-refractivity contribution in [1.29, 1.82) is 0 Å². The van der Waals surface area contributed by atoms with Gasteiger partial charge in [-0.1, -0.05) is 39.0 Å². The molecule has 0 radical (unpaired) electrons. The van der Waals surface area contributed by atoms with E-state index < -0.39 is 0 Å². The summed E-state index contributed by atoms with van der Waals surface area (Å²) in [7, 11) is 0. The number of nitrogens with zero attached hydrogens (tertiary/aromatic N) is 2. The number of nitrogen functional groups attached to an aromatic ring is 1. The SMILES string of the molecule is CCCCCCCCn1c(C)nc2cc(N)ccc21. The smallest absolute Gasteiger partial charge is 0.106 e. The first-order valence-electron chi connectivity index (χ1n) is 7.44. The van der Waals surface area contributed by atoms with Crippen LogP contribution in [0, 0.1) is 6.92 Å². The zero-order chi connectivity index (χ0) is 13.7. The highest BCUT2D eigenvalue weighted by molar-refractivity contribution is 5.79. The number of benzene rings is 1. The van der Waals surface area contributed by atoms with Crippen molar-refractivity contribution < 1.29 is 0 Å². The molecule has 0 aliphatic carbocycles. The molecule has 0 aliphatic heterocycles. The highest BCUT2D eigenvalue weighted by Crippen LogP contribution is 2.19. The molecule has 1 aromatic heterocycles. The molecule has 0 aliphatic rings. The largest absolute Gasteiger partial charge is 0.399 e. The molecule has 0 amide bonds. The number of unbranched alkanes of at least 4 members (excludes halogenated alkanes) is 5. The van der Waals surface area contributed by atoms with Crippen molar-refractivity contribution in [3.8, 4) is 0 Å². The number of hydrogen-bond acceptors (Lipinski definition) is 2. The van der Waals surface area contributed by atoms with E-state index in [1.54, 1.807) is 0 Å². The average molecular weight is 259 g/mol. The van der Waals surface area contributed by atoms with Crippen LogP contribution in [0.5, 0.6) is 0 Å². The number of aryl methyl sites for hydroxylation is 2. The van der Waals surface area contributed by atoms with Crippen molar-refractivity contribution in [2.75, 3.05) is 5.73 Å². The molecule has 1 heterocycles. The van der Waals surface area contributed by atoms with Gasteiger partial charge in [-0.25, -0.2) is 4.98 Å². The minimum Gasteiger partial charge on any atom is -0.399 e. The lowest BCUT2D eigenvalue weighted by Gasteiger charge is -2.07. The van der Waals surface area contributed by atoms with Crippen LogP contribution in [0.2, 0.25) is 0 Å². The first kappa shape index (κ1) is 13.9. The third-order valence-corrected chi connectivity index (χ3v) is 3.70. The minimum absolute atomic E-state index is 0.789. The second-order valence-electron chi connectivity index (χ2n) is 5.33. The summed E-state index contributed by atoms with van der Waals surface area (Å²) in [4.78, 5) is 4.59. The summed E-state index contributed by atoms with van der Waals surface area (Å²) in [6.07, 6.45) is 7.95. The van der Waals surface area contributed by atoms with Crippen molar-refractivity contribution in [1.82, 2.24) is 9.55 Å². The van der Waals surface area contributed by atoms with Crippen LogP contribution in [-0.4, -0.2) is 9.55 Å². The second-order valence-corrected chi connectivity index (χ2v) is 5.33. The Hall–Kier alpha value is -1.51. The molecule has 0 bridgehead atoms. The van der Waals surface area contributed by atoms with E-state index in [0.29, 0.717) is 0 Å². The van der Waals surface area contributed by atoms with Crippen molar-refractivity contribution in [3.63, 3.8) is 0 Å². The maximum absolute atomic E-state index is 5.80. The van der Waals surface area contributed by atoms with Crippen LogP contribution in [0.15, 0.2) is 18.2 Å². The molecule has 3 heteroatoms. The van der Waals surface area contributed by atoms with Gasteiger partial charge in [0.25, 0.3) is 0 Å². The lowest BCUT2D eigenvalue weighted by atomic mass is 10.1. The average Bonchev–Trinajstić information content (AvgIpc) is 2.69.